The molecule has 2 aliphatic rings. The number of anilines is 1. The molecule has 3 rings (SSSR count). The Morgan fingerprint density at radius 1 is 1.43 bits per heavy atom. The fourth-order valence-electron chi connectivity index (χ4n) is 3.26. The number of aryl methyl sites for hydroxylation is 1. The van der Waals surface area contributed by atoms with Crippen molar-refractivity contribution in [1.82, 2.24) is 14.7 Å². The number of nitrogens with one attached hydrogen (secondary N) is 1. The second-order valence-electron chi connectivity index (χ2n) is 5.90. The van der Waals surface area contributed by atoms with Crippen LogP contribution in [-0.4, -0.2) is 33.3 Å². The zero-order chi connectivity index (χ0) is 14.7. The Morgan fingerprint density at radius 3 is 3.00 bits per heavy atom. The molecule has 0 bridgehead atoms. The third-order valence-corrected chi connectivity index (χ3v) is 4.58. The first-order valence-electron chi connectivity index (χ1n) is 7.76. The Morgan fingerprint density at radius 2 is 2.29 bits per heavy atom. The fraction of sp³-hybridized carbons (Fsp3) is 0.667. The zero-order valence-corrected chi connectivity index (χ0v) is 12.2. The van der Waals surface area contributed by atoms with Crippen LogP contribution >= 0.6 is 0 Å². The highest BCUT2D eigenvalue weighted by Crippen LogP contribution is 2.37. The van der Waals surface area contributed by atoms with Crippen molar-refractivity contribution in [2.45, 2.75) is 51.1 Å². The van der Waals surface area contributed by atoms with Crippen LogP contribution in [0.5, 0.6) is 0 Å². The van der Waals surface area contributed by atoms with Gasteiger partial charge in [0, 0.05) is 24.8 Å². The number of nitriles is 1. The SMILES string of the molecule is N#CCCn1ccc(NC(=O)N2CCCC2C2CCC2)n1. The van der Waals surface area contributed by atoms with Crippen molar-refractivity contribution >= 4 is 11.8 Å². The van der Waals surface area contributed by atoms with Crippen molar-refractivity contribution in [3.63, 3.8) is 0 Å². The molecule has 1 aromatic rings. The van der Waals surface area contributed by atoms with Crippen molar-refractivity contribution in [1.29, 1.82) is 5.26 Å². The molecule has 21 heavy (non-hydrogen) atoms. The van der Waals surface area contributed by atoms with Gasteiger partial charge in [0.15, 0.2) is 5.82 Å². The molecule has 1 saturated heterocycles. The van der Waals surface area contributed by atoms with E-state index in [1.165, 1.54) is 19.3 Å². The number of carbonyl (C=O) groups is 1. The summed E-state index contributed by atoms with van der Waals surface area (Å²) in [6.07, 6.45) is 8.28. The Hall–Kier alpha value is -2.03. The van der Waals surface area contributed by atoms with E-state index in [2.05, 4.69) is 16.5 Å². The van der Waals surface area contributed by atoms with Gasteiger partial charge in [-0.3, -0.25) is 10.00 Å². The lowest BCUT2D eigenvalue weighted by Crippen LogP contribution is -2.44. The number of likely N-dealkylation sites (tertiary alicyclic amines) is 1. The van der Waals surface area contributed by atoms with Crippen molar-refractivity contribution in [2.24, 2.45) is 5.92 Å². The molecule has 2 fully saturated rings. The van der Waals surface area contributed by atoms with Crippen LogP contribution in [0.15, 0.2) is 12.3 Å². The van der Waals surface area contributed by atoms with Gasteiger partial charge in [-0.1, -0.05) is 6.42 Å². The van der Waals surface area contributed by atoms with Gasteiger partial charge in [0.05, 0.1) is 19.0 Å². The maximum Gasteiger partial charge on any atom is 0.323 e. The quantitative estimate of drug-likeness (QED) is 0.925. The molecule has 6 heteroatoms. The minimum absolute atomic E-state index is 0.0325. The highest BCUT2D eigenvalue weighted by atomic mass is 16.2. The molecule has 6 nitrogen and oxygen atoms in total. The van der Waals surface area contributed by atoms with Gasteiger partial charge in [0.25, 0.3) is 0 Å². The number of hydrogen-bond donors (Lipinski definition) is 1. The van der Waals surface area contributed by atoms with E-state index < -0.39 is 0 Å². The second-order valence-corrected chi connectivity index (χ2v) is 5.90. The van der Waals surface area contributed by atoms with Gasteiger partial charge in [-0.05, 0) is 31.6 Å². The van der Waals surface area contributed by atoms with Gasteiger partial charge in [-0.15, -0.1) is 0 Å². The average Bonchev–Trinajstić information content (AvgIpc) is 3.04. The van der Waals surface area contributed by atoms with E-state index in [4.69, 9.17) is 5.26 Å². The summed E-state index contributed by atoms with van der Waals surface area (Å²) in [5, 5.41) is 15.7. The summed E-state index contributed by atoms with van der Waals surface area (Å²) < 4.78 is 1.69. The standard InChI is InChI=1S/C15H21N5O/c16-8-3-9-19-11-7-14(18-19)17-15(21)20-10-2-6-13(20)12-4-1-5-12/h7,11-13H,1-6,9-10H2,(H,17,18,21). The monoisotopic (exact) mass is 287 g/mol. The van der Waals surface area contributed by atoms with Crippen molar-refractivity contribution in [3.05, 3.63) is 12.3 Å². The van der Waals surface area contributed by atoms with E-state index in [-0.39, 0.29) is 6.03 Å². The summed E-state index contributed by atoms with van der Waals surface area (Å²) in [6.45, 7) is 1.41. The summed E-state index contributed by atoms with van der Waals surface area (Å²) in [7, 11) is 0. The Kier molecular flexibility index (Phi) is 4.09. The summed E-state index contributed by atoms with van der Waals surface area (Å²) in [4.78, 5) is 14.4. The molecule has 0 radical (unpaired) electrons. The maximum absolute atomic E-state index is 12.4. The number of aromatic nitrogens is 2. The van der Waals surface area contributed by atoms with Crippen molar-refractivity contribution in [3.8, 4) is 6.07 Å². The average molecular weight is 287 g/mol. The van der Waals surface area contributed by atoms with Gasteiger partial charge < -0.3 is 4.90 Å². The van der Waals surface area contributed by atoms with Crippen molar-refractivity contribution < 1.29 is 4.79 Å². The van der Waals surface area contributed by atoms with E-state index in [9.17, 15) is 4.79 Å². The van der Waals surface area contributed by atoms with E-state index in [0.29, 0.717) is 30.7 Å². The maximum atomic E-state index is 12.4. The topological polar surface area (TPSA) is 74.0 Å². The Balaban J connectivity index is 1.57. The summed E-state index contributed by atoms with van der Waals surface area (Å²) >= 11 is 0. The molecular formula is C15H21N5O. The van der Waals surface area contributed by atoms with Crippen molar-refractivity contribution in [2.75, 3.05) is 11.9 Å². The van der Waals surface area contributed by atoms with Crippen LogP contribution in [0, 0.1) is 17.2 Å². The minimum Gasteiger partial charge on any atom is -0.321 e. The lowest BCUT2D eigenvalue weighted by molar-refractivity contribution is 0.148. The molecule has 1 aliphatic carbocycles. The number of carbonyl (C=O) groups excluding carboxylic acids is 1. The minimum atomic E-state index is -0.0325. The zero-order valence-electron chi connectivity index (χ0n) is 12.2. The third-order valence-electron chi connectivity index (χ3n) is 4.58. The van der Waals surface area contributed by atoms with Gasteiger partial charge in [0.2, 0.25) is 0 Å². The van der Waals surface area contributed by atoms with Crippen LogP contribution in [0.2, 0.25) is 0 Å². The predicted octanol–water partition coefficient (Wildman–Crippen LogP) is 2.59. The molecule has 1 aliphatic heterocycles. The largest absolute Gasteiger partial charge is 0.323 e. The van der Waals surface area contributed by atoms with E-state index in [1.807, 2.05) is 4.90 Å². The number of hydrogen-bond acceptors (Lipinski definition) is 3. The second kappa shape index (κ2) is 6.17. The third kappa shape index (κ3) is 3.02. The first-order valence-corrected chi connectivity index (χ1v) is 7.76. The molecular weight excluding hydrogens is 266 g/mol. The van der Waals surface area contributed by atoms with Crippen LogP contribution < -0.4 is 5.32 Å². The highest BCUT2D eigenvalue weighted by Gasteiger charge is 2.37. The van der Waals surface area contributed by atoms with Crippen LogP contribution in [-0.2, 0) is 6.54 Å². The van der Waals surface area contributed by atoms with Gasteiger partial charge in [-0.25, -0.2) is 4.79 Å². The molecule has 0 spiro atoms. The Labute approximate surface area is 124 Å². The summed E-state index contributed by atoms with van der Waals surface area (Å²) in [5.74, 6) is 1.27. The lowest BCUT2D eigenvalue weighted by atomic mass is 9.79. The van der Waals surface area contributed by atoms with Crippen LogP contribution in [0.3, 0.4) is 0 Å². The van der Waals surface area contributed by atoms with Crippen LogP contribution in [0.1, 0.15) is 38.5 Å². The molecule has 1 aromatic heterocycles. The molecule has 1 N–H and O–H groups in total. The van der Waals surface area contributed by atoms with Gasteiger partial charge >= 0.3 is 6.03 Å². The molecule has 1 atom stereocenters. The van der Waals surface area contributed by atoms with E-state index in [0.717, 1.165) is 19.4 Å². The number of amides is 2. The van der Waals surface area contributed by atoms with E-state index >= 15 is 0 Å². The number of rotatable bonds is 4. The smallest absolute Gasteiger partial charge is 0.321 e. The molecule has 1 unspecified atom stereocenters. The summed E-state index contributed by atoms with van der Waals surface area (Å²) in [5.41, 5.74) is 0. The summed E-state index contributed by atoms with van der Waals surface area (Å²) in [6, 6.07) is 4.25. The first kappa shape index (κ1) is 13.9. The number of urea groups is 1. The fourth-order valence-corrected chi connectivity index (χ4v) is 3.26. The van der Waals surface area contributed by atoms with Crippen LogP contribution in [0.25, 0.3) is 0 Å². The van der Waals surface area contributed by atoms with E-state index in [1.54, 1.807) is 16.9 Å². The predicted molar refractivity (Wildman–Crippen MR) is 78.5 cm³/mol. The lowest BCUT2D eigenvalue weighted by Gasteiger charge is -2.36. The molecule has 2 amide bonds. The first-order chi connectivity index (χ1) is 10.3. The molecule has 0 aromatic carbocycles. The Bertz CT molecular complexity index is 543. The van der Waals surface area contributed by atoms with Gasteiger partial charge in [0.1, 0.15) is 0 Å². The molecule has 112 valence electrons. The molecule has 1 saturated carbocycles. The van der Waals surface area contributed by atoms with Gasteiger partial charge in [-0.2, -0.15) is 10.4 Å². The number of nitrogens with zero attached hydrogens (tertiary/aromatic N) is 4. The van der Waals surface area contributed by atoms with Crippen LogP contribution in [0.4, 0.5) is 10.6 Å². The normalized spacial score (nSPS) is 21.9. The highest BCUT2D eigenvalue weighted by molar-refractivity contribution is 5.88. The molecule has 2 heterocycles.